The van der Waals surface area contributed by atoms with Crippen molar-refractivity contribution in [1.29, 1.82) is 0 Å². The Balaban J connectivity index is 1.87. The molecule has 0 bridgehead atoms. The molecule has 2 aromatic heterocycles. The number of pyridine rings is 1. The molecule has 1 atom stereocenters. The standard InChI is InChI=1S/C29H30FN3O6S/c1-18(2)39-17-26-32-28(34)27(29(35)33(26)24(16-38-4)21-8-6-5-7-9-21)40(36,37)22-12-10-20(11-13-22)23-14-15-25(30)31-19(23)3/h5-15,18,24,34H,16-17H2,1-4H3/t24-/m0/s1. The fourth-order valence-corrected chi connectivity index (χ4v) is 5.71. The average Bonchev–Trinajstić information content (AvgIpc) is 2.91. The van der Waals surface area contributed by atoms with Crippen LogP contribution in [-0.4, -0.2) is 47.9 Å². The van der Waals surface area contributed by atoms with Crippen molar-refractivity contribution in [3.05, 3.63) is 100 Å². The minimum atomic E-state index is -4.52. The second-order valence-corrected chi connectivity index (χ2v) is 11.3. The molecular formula is C29H30FN3O6S. The number of rotatable bonds is 10. The van der Waals surface area contributed by atoms with Gasteiger partial charge in [-0.15, -0.1) is 0 Å². The molecule has 0 spiro atoms. The number of aryl methyl sites for hydroxylation is 1. The Morgan fingerprint density at radius 1 is 1.00 bits per heavy atom. The number of hydrogen-bond acceptors (Lipinski definition) is 8. The summed E-state index contributed by atoms with van der Waals surface area (Å²) in [5, 5.41) is 10.8. The zero-order valence-electron chi connectivity index (χ0n) is 22.5. The van der Waals surface area contributed by atoms with Gasteiger partial charge in [0.15, 0.2) is 4.90 Å². The molecule has 4 rings (SSSR count). The van der Waals surface area contributed by atoms with Gasteiger partial charge in [0, 0.05) is 18.4 Å². The smallest absolute Gasteiger partial charge is 0.277 e. The summed E-state index contributed by atoms with van der Waals surface area (Å²) in [6.07, 6.45) is -0.216. The molecule has 40 heavy (non-hydrogen) atoms. The summed E-state index contributed by atoms with van der Waals surface area (Å²) in [7, 11) is -3.05. The predicted octanol–water partition coefficient (Wildman–Crippen LogP) is 4.45. The van der Waals surface area contributed by atoms with E-state index in [-0.39, 0.29) is 30.0 Å². The Bertz CT molecular complexity index is 1660. The molecule has 2 aromatic carbocycles. The largest absolute Gasteiger partial charge is 0.492 e. The molecule has 9 nitrogen and oxygen atoms in total. The van der Waals surface area contributed by atoms with Crippen LogP contribution in [0.25, 0.3) is 11.1 Å². The number of hydrogen-bond donors (Lipinski definition) is 1. The van der Waals surface area contributed by atoms with Gasteiger partial charge in [0.05, 0.1) is 23.6 Å². The lowest BCUT2D eigenvalue weighted by Gasteiger charge is -2.24. The van der Waals surface area contributed by atoms with Crippen LogP contribution in [0.1, 0.15) is 37.0 Å². The van der Waals surface area contributed by atoms with Crippen molar-refractivity contribution < 1.29 is 27.4 Å². The van der Waals surface area contributed by atoms with Gasteiger partial charge in [0.25, 0.3) is 5.56 Å². The van der Waals surface area contributed by atoms with E-state index in [1.165, 1.54) is 42.0 Å². The van der Waals surface area contributed by atoms with E-state index in [1.54, 1.807) is 51.1 Å². The van der Waals surface area contributed by atoms with Crippen molar-refractivity contribution in [2.45, 2.75) is 49.3 Å². The number of methoxy groups -OCH3 is 1. The Labute approximate surface area is 231 Å². The van der Waals surface area contributed by atoms with Crippen LogP contribution >= 0.6 is 0 Å². The van der Waals surface area contributed by atoms with Crippen LogP contribution in [-0.2, 0) is 25.9 Å². The molecule has 0 saturated heterocycles. The highest BCUT2D eigenvalue weighted by molar-refractivity contribution is 7.91. The van der Waals surface area contributed by atoms with E-state index >= 15 is 0 Å². The maximum absolute atomic E-state index is 14.0. The fourth-order valence-electron chi connectivity index (χ4n) is 4.37. The fraction of sp³-hybridized carbons (Fsp3) is 0.276. The van der Waals surface area contributed by atoms with Crippen molar-refractivity contribution in [2.75, 3.05) is 13.7 Å². The van der Waals surface area contributed by atoms with Crippen LogP contribution in [0.3, 0.4) is 0 Å². The van der Waals surface area contributed by atoms with Crippen molar-refractivity contribution in [3.8, 4) is 17.0 Å². The Kier molecular flexibility index (Phi) is 8.77. The first-order valence-corrected chi connectivity index (χ1v) is 14.0. The highest BCUT2D eigenvalue weighted by Crippen LogP contribution is 2.30. The van der Waals surface area contributed by atoms with Gasteiger partial charge >= 0.3 is 0 Å². The summed E-state index contributed by atoms with van der Waals surface area (Å²) in [6.45, 7) is 5.14. The first-order chi connectivity index (χ1) is 19.0. The number of halogens is 1. The van der Waals surface area contributed by atoms with Crippen molar-refractivity contribution in [2.24, 2.45) is 0 Å². The van der Waals surface area contributed by atoms with E-state index in [1.807, 2.05) is 6.07 Å². The Morgan fingerprint density at radius 2 is 1.68 bits per heavy atom. The number of ether oxygens (including phenoxy) is 2. The lowest BCUT2D eigenvalue weighted by Crippen LogP contribution is -2.35. The lowest BCUT2D eigenvalue weighted by atomic mass is 10.1. The molecule has 11 heteroatoms. The second kappa shape index (κ2) is 12.1. The molecule has 0 fully saturated rings. The Hall–Kier alpha value is -3.93. The van der Waals surface area contributed by atoms with E-state index in [0.717, 1.165) is 0 Å². The molecule has 0 radical (unpaired) electrons. The van der Waals surface area contributed by atoms with Crippen LogP contribution in [0.4, 0.5) is 4.39 Å². The van der Waals surface area contributed by atoms with Gasteiger partial charge in [-0.3, -0.25) is 9.36 Å². The average molecular weight is 568 g/mol. The topological polar surface area (TPSA) is 121 Å². The van der Waals surface area contributed by atoms with Crippen LogP contribution < -0.4 is 5.56 Å². The third-order valence-corrected chi connectivity index (χ3v) is 8.08. The van der Waals surface area contributed by atoms with Gasteiger partial charge in [-0.1, -0.05) is 42.5 Å². The van der Waals surface area contributed by atoms with E-state index in [9.17, 15) is 22.7 Å². The van der Waals surface area contributed by atoms with Gasteiger partial charge in [0.2, 0.25) is 21.7 Å². The number of aromatic nitrogens is 3. The molecular weight excluding hydrogens is 537 g/mol. The monoisotopic (exact) mass is 567 g/mol. The van der Waals surface area contributed by atoms with Crippen molar-refractivity contribution >= 4 is 9.84 Å². The predicted molar refractivity (Wildman–Crippen MR) is 146 cm³/mol. The van der Waals surface area contributed by atoms with E-state index < -0.39 is 38.2 Å². The second-order valence-electron chi connectivity index (χ2n) is 9.39. The maximum atomic E-state index is 14.0. The SMILES string of the molecule is COC[C@@H](c1ccccc1)n1c(COC(C)C)nc(O)c(S(=O)(=O)c2ccc(-c3ccc(F)nc3C)cc2)c1=O. The molecule has 2 heterocycles. The zero-order valence-corrected chi connectivity index (χ0v) is 23.4. The van der Waals surface area contributed by atoms with Gasteiger partial charge in [0.1, 0.15) is 12.4 Å². The lowest BCUT2D eigenvalue weighted by molar-refractivity contribution is 0.0557. The molecule has 0 aliphatic rings. The highest BCUT2D eigenvalue weighted by Gasteiger charge is 2.32. The number of benzene rings is 2. The summed E-state index contributed by atoms with van der Waals surface area (Å²) in [4.78, 5) is 20.8. The highest BCUT2D eigenvalue weighted by atomic mass is 32.2. The summed E-state index contributed by atoms with van der Waals surface area (Å²) in [6, 6.07) is 16.7. The van der Waals surface area contributed by atoms with Gasteiger partial charge in [-0.05, 0) is 56.2 Å². The van der Waals surface area contributed by atoms with Crippen LogP contribution in [0.5, 0.6) is 5.88 Å². The molecule has 0 amide bonds. The Morgan fingerprint density at radius 3 is 2.27 bits per heavy atom. The molecule has 0 saturated carbocycles. The normalized spacial score (nSPS) is 12.6. The molecule has 210 valence electrons. The number of nitrogens with zero attached hydrogens (tertiary/aromatic N) is 3. The van der Waals surface area contributed by atoms with Crippen LogP contribution in [0.15, 0.2) is 81.3 Å². The van der Waals surface area contributed by atoms with E-state index in [0.29, 0.717) is 22.4 Å². The van der Waals surface area contributed by atoms with Crippen molar-refractivity contribution in [3.63, 3.8) is 0 Å². The van der Waals surface area contributed by atoms with Crippen LogP contribution in [0.2, 0.25) is 0 Å². The summed E-state index contributed by atoms with van der Waals surface area (Å²) >= 11 is 0. The zero-order chi connectivity index (χ0) is 29.0. The van der Waals surface area contributed by atoms with E-state index in [2.05, 4.69) is 9.97 Å². The molecule has 0 unspecified atom stereocenters. The van der Waals surface area contributed by atoms with Gasteiger partial charge < -0.3 is 14.6 Å². The summed E-state index contributed by atoms with van der Waals surface area (Å²) in [5.74, 6) is -1.49. The minimum absolute atomic E-state index is 0.0320. The van der Waals surface area contributed by atoms with Gasteiger partial charge in [-0.25, -0.2) is 13.4 Å². The first kappa shape index (κ1) is 29.1. The third-order valence-electron chi connectivity index (χ3n) is 6.29. The molecule has 0 aliphatic heterocycles. The number of sulfone groups is 1. The molecule has 1 N–H and O–H groups in total. The quantitative estimate of drug-likeness (QED) is 0.279. The molecule has 4 aromatic rings. The number of aromatic hydroxyl groups is 1. The first-order valence-electron chi connectivity index (χ1n) is 12.5. The molecule has 0 aliphatic carbocycles. The van der Waals surface area contributed by atoms with E-state index in [4.69, 9.17) is 9.47 Å². The minimum Gasteiger partial charge on any atom is -0.492 e. The van der Waals surface area contributed by atoms with Crippen LogP contribution in [0, 0.1) is 12.9 Å². The van der Waals surface area contributed by atoms with Crippen molar-refractivity contribution in [1.82, 2.24) is 14.5 Å². The third kappa shape index (κ3) is 5.96. The van der Waals surface area contributed by atoms with Gasteiger partial charge in [-0.2, -0.15) is 9.37 Å². The summed E-state index contributed by atoms with van der Waals surface area (Å²) < 4.78 is 53.2. The maximum Gasteiger partial charge on any atom is 0.277 e. The summed E-state index contributed by atoms with van der Waals surface area (Å²) in [5.41, 5.74) is 1.39.